The summed E-state index contributed by atoms with van der Waals surface area (Å²) in [6.45, 7) is 6.39. The lowest BCUT2D eigenvalue weighted by molar-refractivity contribution is 0.0697. The standard InChI is InChI=1S/C15H14ClN3O3.C4H9NO/c16-12-4-2-1-3-10(12)13-11(14(20)21)9-17-15(18-13)19-5-7-22-8-6-19;1-3-6-4-2-5-1/h1-4,9H,5-8H2,(H,20,21);5H,1-4H2. The fourth-order valence-corrected chi connectivity index (χ4v) is 3.04. The first-order chi connectivity index (χ1) is 13.7. The highest BCUT2D eigenvalue weighted by Crippen LogP contribution is 2.29. The number of nitrogens with zero attached hydrogens (tertiary/aromatic N) is 3. The van der Waals surface area contributed by atoms with Gasteiger partial charge in [-0.1, -0.05) is 29.8 Å². The Morgan fingerprint density at radius 3 is 2.36 bits per heavy atom. The molecular formula is C19H23ClN4O4. The fourth-order valence-electron chi connectivity index (χ4n) is 2.82. The Kier molecular flexibility index (Phi) is 7.55. The minimum atomic E-state index is -1.08. The molecule has 0 saturated carbocycles. The van der Waals surface area contributed by atoms with Gasteiger partial charge in [0.25, 0.3) is 0 Å². The van der Waals surface area contributed by atoms with Crippen LogP contribution in [-0.2, 0) is 9.47 Å². The van der Waals surface area contributed by atoms with Crippen LogP contribution in [0.2, 0.25) is 5.02 Å². The molecule has 150 valence electrons. The molecule has 0 unspecified atom stereocenters. The van der Waals surface area contributed by atoms with Crippen molar-refractivity contribution in [1.82, 2.24) is 15.3 Å². The molecule has 2 aromatic rings. The van der Waals surface area contributed by atoms with Gasteiger partial charge in [0.05, 0.1) is 32.1 Å². The first kappa shape index (κ1) is 20.5. The second kappa shape index (κ2) is 10.3. The molecule has 3 heterocycles. The molecule has 0 amide bonds. The van der Waals surface area contributed by atoms with Crippen LogP contribution in [0.5, 0.6) is 0 Å². The van der Waals surface area contributed by atoms with Gasteiger partial charge in [-0.2, -0.15) is 0 Å². The number of carboxylic acids is 1. The van der Waals surface area contributed by atoms with Crippen LogP contribution in [0.1, 0.15) is 10.4 Å². The SMILES string of the molecule is C1COCCN1.O=C(O)c1cnc(N2CCOCC2)nc1-c1ccccc1Cl. The number of carbonyl (C=O) groups is 1. The highest BCUT2D eigenvalue weighted by atomic mass is 35.5. The Morgan fingerprint density at radius 1 is 1.11 bits per heavy atom. The van der Waals surface area contributed by atoms with E-state index >= 15 is 0 Å². The van der Waals surface area contributed by atoms with Crippen LogP contribution in [0.25, 0.3) is 11.3 Å². The molecule has 2 saturated heterocycles. The minimum absolute atomic E-state index is 0.0325. The summed E-state index contributed by atoms with van der Waals surface area (Å²) in [4.78, 5) is 22.0. The van der Waals surface area contributed by atoms with E-state index in [9.17, 15) is 9.90 Å². The van der Waals surface area contributed by atoms with Crippen LogP contribution >= 0.6 is 11.6 Å². The molecule has 2 aliphatic heterocycles. The molecule has 28 heavy (non-hydrogen) atoms. The number of halogens is 1. The van der Waals surface area contributed by atoms with Gasteiger partial charge < -0.3 is 24.8 Å². The van der Waals surface area contributed by atoms with Crippen LogP contribution in [0.3, 0.4) is 0 Å². The number of anilines is 1. The lowest BCUT2D eigenvalue weighted by atomic mass is 10.1. The summed E-state index contributed by atoms with van der Waals surface area (Å²) in [6, 6.07) is 7.04. The van der Waals surface area contributed by atoms with Crippen LogP contribution in [0, 0.1) is 0 Å². The van der Waals surface area contributed by atoms with Gasteiger partial charge in [0, 0.05) is 43.0 Å². The van der Waals surface area contributed by atoms with Crippen molar-refractivity contribution in [3.8, 4) is 11.3 Å². The van der Waals surface area contributed by atoms with E-state index in [4.69, 9.17) is 21.1 Å². The largest absolute Gasteiger partial charge is 0.478 e. The molecule has 4 rings (SSSR count). The minimum Gasteiger partial charge on any atom is -0.478 e. The average Bonchev–Trinajstić information content (AvgIpc) is 2.76. The summed E-state index contributed by atoms with van der Waals surface area (Å²) in [5.41, 5.74) is 0.943. The number of aromatic nitrogens is 2. The van der Waals surface area contributed by atoms with Crippen molar-refractivity contribution < 1.29 is 19.4 Å². The van der Waals surface area contributed by atoms with Crippen LogP contribution in [0.15, 0.2) is 30.5 Å². The van der Waals surface area contributed by atoms with Crippen molar-refractivity contribution in [1.29, 1.82) is 0 Å². The lowest BCUT2D eigenvalue weighted by Crippen LogP contribution is -2.37. The summed E-state index contributed by atoms with van der Waals surface area (Å²) < 4.78 is 10.3. The zero-order valence-corrected chi connectivity index (χ0v) is 16.2. The van der Waals surface area contributed by atoms with E-state index in [1.54, 1.807) is 24.3 Å². The number of ether oxygens (including phenoxy) is 2. The third-order valence-corrected chi connectivity index (χ3v) is 4.61. The second-order valence-electron chi connectivity index (χ2n) is 6.18. The summed E-state index contributed by atoms with van der Waals surface area (Å²) in [5, 5.41) is 13.0. The van der Waals surface area contributed by atoms with E-state index in [1.165, 1.54) is 6.20 Å². The van der Waals surface area contributed by atoms with Crippen molar-refractivity contribution >= 4 is 23.5 Å². The molecule has 0 aliphatic carbocycles. The van der Waals surface area contributed by atoms with E-state index < -0.39 is 5.97 Å². The Bertz CT molecular complexity index is 784. The van der Waals surface area contributed by atoms with Gasteiger partial charge in [0.2, 0.25) is 5.95 Å². The third kappa shape index (κ3) is 5.39. The summed E-state index contributed by atoms with van der Waals surface area (Å²) in [7, 11) is 0. The van der Waals surface area contributed by atoms with Crippen molar-refractivity contribution in [2.75, 3.05) is 57.5 Å². The van der Waals surface area contributed by atoms with Gasteiger partial charge in [-0.3, -0.25) is 0 Å². The van der Waals surface area contributed by atoms with E-state index in [2.05, 4.69) is 15.3 Å². The molecule has 1 aromatic heterocycles. The van der Waals surface area contributed by atoms with Crippen LogP contribution < -0.4 is 10.2 Å². The maximum atomic E-state index is 11.4. The topological polar surface area (TPSA) is 96.8 Å². The number of nitrogens with one attached hydrogen (secondary N) is 1. The van der Waals surface area contributed by atoms with Crippen LogP contribution in [0.4, 0.5) is 5.95 Å². The first-order valence-electron chi connectivity index (χ1n) is 9.13. The van der Waals surface area contributed by atoms with Gasteiger partial charge in [-0.05, 0) is 6.07 Å². The molecule has 0 bridgehead atoms. The van der Waals surface area contributed by atoms with Crippen molar-refractivity contribution in [3.05, 3.63) is 41.0 Å². The van der Waals surface area contributed by atoms with Crippen molar-refractivity contribution in [2.24, 2.45) is 0 Å². The first-order valence-corrected chi connectivity index (χ1v) is 9.51. The second-order valence-corrected chi connectivity index (χ2v) is 6.59. The average molecular weight is 407 g/mol. The molecular weight excluding hydrogens is 384 g/mol. The molecule has 8 nitrogen and oxygen atoms in total. The Morgan fingerprint density at radius 2 is 1.79 bits per heavy atom. The predicted octanol–water partition coefficient (Wildman–Crippen LogP) is 1.94. The molecule has 9 heteroatoms. The molecule has 0 spiro atoms. The Labute approximate surface area is 168 Å². The summed E-state index contributed by atoms with van der Waals surface area (Å²) in [5.74, 6) is -0.591. The molecule has 1 aromatic carbocycles. The molecule has 0 atom stereocenters. The Balaban J connectivity index is 0.000000320. The summed E-state index contributed by atoms with van der Waals surface area (Å²) >= 11 is 6.19. The highest BCUT2D eigenvalue weighted by molar-refractivity contribution is 6.33. The van der Waals surface area contributed by atoms with Gasteiger partial charge in [0.15, 0.2) is 0 Å². The van der Waals surface area contributed by atoms with Crippen molar-refractivity contribution in [2.45, 2.75) is 0 Å². The highest BCUT2D eigenvalue weighted by Gasteiger charge is 2.20. The maximum absolute atomic E-state index is 11.4. The number of rotatable bonds is 3. The number of hydrogen-bond acceptors (Lipinski definition) is 7. The van der Waals surface area contributed by atoms with Gasteiger partial charge >= 0.3 is 5.97 Å². The quantitative estimate of drug-likeness (QED) is 0.798. The number of hydrogen-bond donors (Lipinski definition) is 2. The summed E-state index contributed by atoms with van der Waals surface area (Å²) in [6.07, 6.45) is 1.33. The molecule has 2 aliphatic rings. The van der Waals surface area contributed by atoms with E-state index in [1.807, 2.05) is 4.90 Å². The predicted molar refractivity (Wildman–Crippen MR) is 106 cm³/mol. The number of benzene rings is 1. The fraction of sp³-hybridized carbons (Fsp3) is 0.421. The molecule has 2 N–H and O–H groups in total. The zero-order valence-electron chi connectivity index (χ0n) is 15.4. The normalized spacial score (nSPS) is 16.8. The number of aromatic carboxylic acids is 1. The van der Waals surface area contributed by atoms with E-state index in [0.717, 1.165) is 26.3 Å². The van der Waals surface area contributed by atoms with E-state index in [0.29, 0.717) is 48.5 Å². The Hall–Kier alpha value is -2.26. The third-order valence-electron chi connectivity index (χ3n) is 4.28. The van der Waals surface area contributed by atoms with Gasteiger partial charge in [0.1, 0.15) is 5.56 Å². The number of carboxylic acid groups (broad SMARTS) is 1. The van der Waals surface area contributed by atoms with Gasteiger partial charge in [-0.15, -0.1) is 0 Å². The number of morpholine rings is 2. The zero-order chi connectivity index (χ0) is 19.8. The maximum Gasteiger partial charge on any atom is 0.339 e. The van der Waals surface area contributed by atoms with Crippen molar-refractivity contribution in [3.63, 3.8) is 0 Å². The smallest absolute Gasteiger partial charge is 0.339 e. The lowest BCUT2D eigenvalue weighted by Gasteiger charge is -2.27. The van der Waals surface area contributed by atoms with Crippen LogP contribution in [-0.4, -0.2) is 73.7 Å². The molecule has 0 radical (unpaired) electrons. The van der Waals surface area contributed by atoms with E-state index in [-0.39, 0.29) is 5.56 Å². The van der Waals surface area contributed by atoms with Gasteiger partial charge in [-0.25, -0.2) is 14.8 Å². The molecule has 2 fully saturated rings. The monoisotopic (exact) mass is 406 g/mol.